The minimum atomic E-state index is -0.980. The van der Waals surface area contributed by atoms with E-state index in [4.69, 9.17) is 16.3 Å². The molecule has 162 valence electrons. The number of hydrogen-bond acceptors (Lipinski definition) is 5. The van der Waals surface area contributed by atoms with Gasteiger partial charge in [0.25, 0.3) is 11.7 Å². The average Bonchev–Trinajstić information content (AvgIpc) is 3.06. The standard InChI is InChI=1S/C24H18ClFN2O4/c1-13-10-16(32-2)6-7-17(13)22(29)20-21(14-4-3-9-27-12-14)28(24(31)23(20)30)15-5-8-19(26)18(25)11-15/h3-12,21,29H,1-2H3/b22-20+. The van der Waals surface area contributed by atoms with E-state index in [1.54, 1.807) is 43.5 Å². The minimum absolute atomic E-state index is 0.100. The highest BCUT2D eigenvalue weighted by molar-refractivity contribution is 6.51. The molecule has 1 aliphatic rings. The van der Waals surface area contributed by atoms with E-state index in [2.05, 4.69) is 4.98 Å². The van der Waals surface area contributed by atoms with Crippen LogP contribution in [0.15, 0.2) is 66.5 Å². The number of ketones is 1. The Labute approximate surface area is 188 Å². The van der Waals surface area contributed by atoms with Gasteiger partial charge in [0.15, 0.2) is 0 Å². The van der Waals surface area contributed by atoms with Crippen molar-refractivity contribution >= 4 is 34.7 Å². The van der Waals surface area contributed by atoms with Gasteiger partial charge < -0.3 is 9.84 Å². The lowest BCUT2D eigenvalue weighted by Crippen LogP contribution is -2.29. The highest BCUT2D eigenvalue weighted by atomic mass is 35.5. The fourth-order valence-corrected chi connectivity index (χ4v) is 3.94. The lowest BCUT2D eigenvalue weighted by Gasteiger charge is -2.25. The predicted octanol–water partition coefficient (Wildman–Crippen LogP) is 4.82. The molecule has 1 N–H and O–H groups in total. The van der Waals surface area contributed by atoms with Crippen LogP contribution in [-0.2, 0) is 9.59 Å². The third kappa shape index (κ3) is 3.61. The van der Waals surface area contributed by atoms with E-state index in [1.807, 2.05) is 0 Å². The summed E-state index contributed by atoms with van der Waals surface area (Å²) < 4.78 is 18.9. The van der Waals surface area contributed by atoms with Crippen molar-refractivity contribution in [3.8, 4) is 5.75 Å². The number of pyridine rings is 1. The molecule has 1 unspecified atom stereocenters. The molecule has 1 aliphatic heterocycles. The maximum absolute atomic E-state index is 13.7. The topological polar surface area (TPSA) is 79.7 Å². The Morgan fingerprint density at radius 3 is 2.59 bits per heavy atom. The lowest BCUT2D eigenvalue weighted by atomic mass is 9.94. The Kier molecular flexibility index (Phi) is 5.67. The third-order valence-corrected chi connectivity index (χ3v) is 5.60. The summed E-state index contributed by atoms with van der Waals surface area (Å²) in [5.41, 5.74) is 1.66. The molecule has 0 aliphatic carbocycles. The van der Waals surface area contributed by atoms with Crippen LogP contribution in [0.2, 0.25) is 5.02 Å². The fourth-order valence-electron chi connectivity index (χ4n) is 3.76. The zero-order valence-corrected chi connectivity index (χ0v) is 17.9. The van der Waals surface area contributed by atoms with Gasteiger partial charge in [0, 0.05) is 23.6 Å². The summed E-state index contributed by atoms with van der Waals surface area (Å²) >= 11 is 5.93. The Hall–Kier alpha value is -3.71. The zero-order chi connectivity index (χ0) is 23.0. The van der Waals surface area contributed by atoms with Crippen LogP contribution in [-0.4, -0.2) is 28.9 Å². The largest absolute Gasteiger partial charge is 0.507 e. The van der Waals surface area contributed by atoms with Crippen molar-refractivity contribution in [2.75, 3.05) is 12.0 Å². The average molecular weight is 453 g/mol. The van der Waals surface area contributed by atoms with E-state index in [9.17, 15) is 19.1 Å². The predicted molar refractivity (Wildman–Crippen MR) is 118 cm³/mol. The van der Waals surface area contributed by atoms with Crippen LogP contribution in [0, 0.1) is 12.7 Å². The number of aryl methyl sites for hydroxylation is 1. The summed E-state index contributed by atoms with van der Waals surface area (Å²) in [6.45, 7) is 1.76. The van der Waals surface area contributed by atoms with Gasteiger partial charge >= 0.3 is 0 Å². The molecule has 4 rings (SSSR count). The van der Waals surface area contributed by atoms with Gasteiger partial charge in [-0.3, -0.25) is 19.5 Å². The van der Waals surface area contributed by atoms with Gasteiger partial charge in [0.05, 0.1) is 23.7 Å². The second-order valence-corrected chi connectivity index (χ2v) is 7.64. The van der Waals surface area contributed by atoms with Crippen molar-refractivity contribution in [1.29, 1.82) is 0 Å². The van der Waals surface area contributed by atoms with Crippen LogP contribution in [0.25, 0.3) is 5.76 Å². The Morgan fingerprint density at radius 1 is 1.19 bits per heavy atom. The van der Waals surface area contributed by atoms with E-state index in [-0.39, 0.29) is 22.0 Å². The normalized spacial score (nSPS) is 17.6. The molecule has 1 saturated heterocycles. The van der Waals surface area contributed by atoms with Crippen LogP contribution in [0.1, 0.15) is 22.7 Å². The van der Waals surface area contributed by atoms with E-state index in [0.29, 0.717) is 22.4 Å². The number of carbonyl (C=O) groups is 2. The second kappa shape index (κ2) is 8.43. The number of methoxy groups -OCH3 is 1. The first kappa shape index (κ1) is 21.5. The summed E-state index contributed by atoms with van der Waals surface area (Å²) in [5, 5.41) is 11.0. The summed E-state index contributed by atoms with van der Waals surface area (Å²) in [4.78, 5) is 31.5. The number of amides is 1. The molecule has 1 atom stereocenters. The first-order valence-electron chi connectivity index (χ1n) is 9.64. The molecule has 8 heteroatoms. The van der Waals surface area contributed by atoms with Crippen molar-refractivity contribution in [1.82, 2.24) is 4.98 Å². The van der Waals surface area contributed by atoms with Crippen molar-refractivity contribution < 1.29 is 23.8 Å². The lowest BCUT2D eigenvalue weighted by molar-refractivity contribution is -0.132. The van der Waals surface area contributed by atoms with Crippen LogP contribution < -0.4 is 9.64 Å². The van der Waals surface area contributed by atoms with Crippen molar-refractivity contribution in [2.45, 2.75) is 13.0 Å². The molecule has 0 saturated carbocycles. The highest BCUT2D eigenvalue weighted by Gasteiger charge is 2.47. The molecule has 2 aromatic carbocycles. The number of rotatable bonds is 4. The number of halogens is 2. The maximum atomic E-state index is 13.7. The molecule has 1 aromatic heterocycles. The molecular formula is C24H18ClFN2O4. The van der Waals surface area contributed by atoms with Gasteiger partial charge in [0.2, 0.25) is 0 Å². The van der Waals surface area contributed by atoms with Gasteiger partial charge in [-0.1, -0.05) is 17.7 Å². The number of nitrogens with zero attached hydrogens (tertiary/aromatic N) is 2. The number of ether oxygens (including phenoxy) is 1. The molecule has 2 heterocycles. The second-order valence-electron chi connectivity index (χ2n) is 7.23. The van der Waals surface area contributed by atoms with Crippen LogP contribution >= 0.6 is 11.6 Å². The van der Waals surface area contributed by atoms with Crippen molar-refractivity contribution in [3.05, 3.63) is 94.0 Å². The molecule has 3 aromatic rings. The Bertz CT molecular complexity index is 1260. The van der Waals surface area contributed by atoms with Crippen molar-refractivity contribution in [3.63, 3.8) is 0 Å². The molecule has 0 radical (unpaired) electrons. The van der Waals surface area contributed by atoms with E-state index < -0.39 is 23.5 Å². The molecule has 0 spiro atoms. The monoisotopic (exact) mass is 452 g/mol. The van der Waals surface area contributed by atoms with Crippen molar-refractivity contribution in [2.24, 2.45) is 0 Å². The van der Waals surface area contributed by atoms with Gasteiger partial charge in [-0.2, -0.15) is 0 Å². The first-order valence-corrected chi connectivity index (χ1v) is 10.0. The number of aliphatic hydroxyl groups excluding tert-OH is 1. The third-order valence-electron chi connectivity index (χ3n) is 5.31. The number of anilines is 1. The van der Waals surface area contributed by atoms with E-state index >= 15 is 0 Å². The number of carbonyl (C=O) groups excluding carboxylic acids is 2. The number of aliphatic hydroxyl groups is 1. The molecular weight excluding hydrogens is 435 g/mol. The van der Waals surface area contributed by atoms with Gasteiger partial charge in [-0.25, -0.2) is 4.39 Å². The molecule has 1 amide bonds. The highest BCUT2D eigenvalue weighted by Crippen LogP contribution is 2.43. The number of Topliss-reactive ketones (excluding diaryl/α,β-unsaturated/α-hetero) is 1. The summed E-state index contributed by atoms with van der Waals surface area (Å²) in [7, 11) is 1.52. The maximum Gasteiger partial charge on any atom is 0.300 e. The number of hydrogen-bond donors (Lipinski definition) is 1. The summed E-state index contributed by atoms with van der Waals surface area (Å²) in [6, 6.07) is 11.1. The molecule has 0 bridgehead atoms. The van der Waals surface area contributed by atoms with Crippen LogP contribution in [0.5, 0.6) is 5.75 Å². The van der Waals surface area contributed by atoms with Crippen LogP contribution in [0.3, 0.4) is 0 Å². The van der Waals surface area contributed by atoms with Gasteiger partial charge in [-0.15, -0.1) is 0 Å². The summed E-state index contributed by atoms with van der Waals surface area (Å²) in [6.07, 6.45) is 3.06. The zero-order valence-electron chi connectivity index (χ0n) is 17.2. The van der Waals surface area contributed by atoms with Crippen LogP contribution in [0.4, 0.5) is 10.1 Å². The summed E-state index contributed by atoms with van der Waals surface area (Å²) in [5.74, 6) is -2.13. The van der Waals surface area contributed by atoms with E-state index in [0.717, 1.165) is 6.07 Å². The quantitative estimate of drug-likeness (QED) is 0.349. The van der Waals surface area contributed by atoms with E-state index in [1.165, 1.54) is 30.3 Å². The minimum Gasteiger partial charge on any atom is -0.507 e. The first-order chi connectivity index (χ1) is 15.3. The Morgan fingerprint density at radius 2 is 1.97 bits per heavy atom. The van der Waals surface area contributed by atoms with Gasteiger partial charge in [0.1, 0.15) is 17.3 Å². The molecule has 1 fully saturated rings. The number of benzene rings is 2. The molecule has 6 nitrogen and oxygen atoms in total. The Balaban J connectivity index is 1.95. The SMILES string of the molecule is COc1ccc(/C(O)=C2\C(=O)C(=O)N(c3ccc(F)c(Cl)c3)C2c2cccnc2)c(C)c1. The number of aromatic nitrogens is 1. The fraction of sp³-hybridized carbons (Fsp3) is 0.125. The van der Waals surface area contributed by atoms with Gasteiger partial charge in [-0.05, 0) is 60.5 Å². The smallest absolute Gasteiger partial charge is 0.300 e. The molecule has 32 heavy (non-hydrogen) atoms.